The molecule has 1 aliphatic heterocycles. The Labute approximate surface area is 197 Å². The van der Waals surface area contributed by atoms with Crippen LogP contribution >= 0.6 is 0 Å². The van der Waals surface area contributed by atoms with Crippen LogP contribution in [-0.4, -0.2) is 51.2 Å². The van der Waals surface area contributed by atoms with Gasteiger partial charge >= 0.3 is 0 Å². The number of piperazine rings is 1. The molecule has 33 heavy (non-hydrogen) atoms. The lowest BCUT2D eigenvalue weighted by molar-refractivity contribution is 0.266. The van der Waals surface area contributed by atoms with Crippen LogP contribution in [0.2, 0.25) is 0 Å². The molecular formula is C25H38N8. The Bertz CT molecular complexity index is 1010. The molecular weight excluding hydrogens is 412 g/mol. The van der Waals surface area contributed by atoms with E-state index in [1.807, 2.05) is 0 Å². The average Bonchev–Trinajstić information content (AvgIpc) is 3.12. The highest BCUT2D eigenvalue weighted by molar-refractivity contribution is 5.86. The summed E-state index contributed by atoms with van der Waals surface area (Å²) in [7, 11) is 0. The van der Waals surface area contributed by atoms with Gasteiger partial charge in [0.2, 0.25) is 11.8 Å². The van der Waals surface area contributed by atoms with Gasteiger partial charge in [0.05, 0.1) is 0 Å². The van der Waals surface area contributed by atoms with E-state index >= 15 is 0 Å². The van der Waals surface area contributed by atoms with Crippen LogP contribution in [0, 0.1) is 29.1 Å². The third-order valence-electron chi connectivity index (χ3n) is 8.24. The minimum atomic E-state index is 0.196. The molecule has 0 spiro atoms. The molecule has 2 aliphatic carbocycles. The summed E-state index contributed by atoms with van der Waals surface area (Å²) in [4.78, 5) is 16.7. The van der Waals surface area contributed by atoms with Crippen LogP contribution in [0.5, 0.6) is 0 Å². The number of hydrogen-bond acceptors (Lipinski definition) is 7. The summed E-state index contributed by atoms with van der Waals surface area (Å²) in [5.74, 6) is 4.10. The van der Waals surface area contributed by atoms with Crippen molar-refractivity contribution in [1.82, 2.24) is 24.8 Å². The van der Waals surface area contributed by atoms with Gasteiger partial charge in [0.1, 0.15) is 11.6 Å². The Morgan fingerprint density at radius 2 is 1.91 bits per heavy atom. The Kier molecular flexibility index (Phi) is 6.42. The molecule has 3 aliphatic rings. The predicted molar refractivity (Wildman–Crippen MR) is 131 cm³/mol. The molecule has 1 saturated heterocycles. The van der Waals surface area contributed by atoms with Crippen molar-refractivity contribution in [3.63, 3.8) is 0 Å². The Morgan fingerprint density at radius 1 is 1.12 bits per heavy atom. The van der Waals surface area contributed by atoms with Crippen LogP contribution < -0.4 is 15.5 Å². The summed E-state index contributed by atoms with van der Waals surface area (Å²) in [6.45, 7) is 10.6. The number of anilines is 2. The molecule has 2 saturated carbocycles. The van der Waals surface area contributed by atoms with E-state index in [1.54, 1.807) is 0 Å². The molecule has 8 heteroatoms. The minimum Gasteiger partial charge on any atom is -0.365 e. The number of hydrogen-bond donors (Lipinski definition) is 2. The van der Waals surface area contributed by atoms with Crippen molar-refractivity contribution in [1.29, 1.82) is 5.26 Å². The van der Waals surface area contributed by atoms with Gasteiger partial charge in [-0.2, -0.15) is 20.2 Å². The van der Waals surface area contributed by atoms with Crippen molar-refractivity contribution >= 4 is 22.9 Å². The first kappa shape index (κ1) is 22.4. The number of fused-ring (bicyclic) bond motifs is 1. The lowest BCUT2D eigenvalue weighted by Gasteiger charge is -2.36. The molecule has 0 radical (unpaired) electrons. The summed E-state index contributed by atoms with van der Waals surface area (Å²) in [5.41, 5.74) is 1.62. The lowest BCUT2D eigenvalue weighted by Crippen LogP contribution is -2.51. The highest BCUT2D eigenvalue weighted by Gasteiger charge is 2.30. The van der Waals surface area contributed by atoms with Crippen molar-refractivity contribution in [2.75, 3.05) is 29.9 Å². The highest BCUT2D eigenvalue weighted by Crippen LogP contribution is 2.36. The molecule has 178 valence electrons. The molecule has 0 bridgehead atoms. The molecule has 3 fully saturated rings. The fourth-order valence-electron chi connectivity index (χ4n) is 5.75. The number of nitrogens with one attached hydrogen (secondary N) is 2. The normalized spacial score (nSPS) is 27.2. The zero-order chi connectivity index (χ0) is 22.9. The van der Waals surface area contributed by atoms with E-state index in [-0.39, 0.29) is 5.82 Å². The SMILES string of the molecule is CC1CCC(Cn2c(N3CCNC[C@H]3C)nc3nc(C#N)nc(N[C@H](C)C4CCC4)c32)CC1. The van der Waals surface area contributed by atoms with Crippen molar-refractivity contribution in [2.45, 2.75) is 84.3 Å². The number of nitriles is 1. The number of rotatable bonds is 6. The number of aromatic nitrogens is 4. The fraction of sp³-hybridized carbons (Fsp3) is 0.760. The maximum Gasteiger partial charge on any atom is 0.236 e. The number of imidazole rings is 1. The molecule has 0 amide bonds. The second-order valence-corrected chi connectivity index (χ2v) is 10.7. The van der Waals surface area contributed by atoms with Gasteiger partial charge in [-0.15, -0.1) is 0 Å². The summed E-state index contributed by atoms with van der Waals surface area (Å²) in [6, 6.07) is 2.84. The van der Waals surface area contributed by atoms with Crippen molar-refractivity contribution in [2.24, 2.45) is 17.8 Å². The topological polar surface area (TPSA) is 94.7 Å². The lowest BCUT2D eigenvalue weighted by atomic mass is 9.80. The van der Waals surface area contributed by atoms with Gasteiger partial charge in [-0.3, -0.25) is 0 Å². The van der Waals surface area contributed by atoms with Crippen LogP contribution in [0.3, 0.4) is 0 Å². The first-order valence-electron chi connectivity index (χ1n) is 13.0. The quantitative estimate of drug-likeness (QED) is 0.689. The zero-order valence-electron chi connectivity index (χ0n) is 20.3. The van der Waals surface area contributed by atoms with E-state index < -0.39 is 0 Å². The van der Waals surface area contributed by atoms with E-state index in [2.05, 4.69) is 56.9 Å². The molecule has 2 N–H and O–H groups in total. The van der Waals surface area contributed by atoms with E-state index in [0.717, 1.165) is 49.4 Å². The van der Waals surface area contributed by atoms with Gasteiger partial charge in [0, 0.05) is 38.3 Å². The van der Waals surface area contributed by atoms with E-state index in [1.165, 1.54) is 44.9 Å². The maximum atomic E-state index is 9.62. The maximum absolute atomic E-state index is 9.62. The second-order valence-electron chi connectivity index (χ2n) is 10.7. The summed E-state index contributed by atoms with van der Waals surface area (Å²) in [5, 5.41) is 16.8. The first-order valence-corrected chi connectivity index (χ1v) is 13.0. The van der Waals surface area contributed by atoms with E-state index in [4.69, 9.17) is 4.98 Å². The molecule has 5 rings (SSSR count). The van der Waals surface area contributed by atoms with Crippen LogP contribution in [0.25, 0.3) is 11.2 Å². The molecule has 8 nitrogen and oxygen atoms in total. The molecule has 3 heterocycles. The largest absolute Gasteiger partial charge is 0.365 e. The summed E-state index contributed by atoms with van der Waals surface area (Å²) >= 11 is 0. The fourth-order valence-corrected chi connectivity index (χ4v) is 5.75. The van der Waals surface area contributed by atoms with Crippen LogP contribution in [0.15, 0.2) is 0 Å². The minimum absolute atomic E-state index is 0.196. The first-order chi connectivity index (χ1) is 16.0. The van der Waals surface area contributed by atoms with Gasteiger partial charge in [0.15, 0.2) is 11.5 Å². The van der Waals surface area contributed by atoms with Gasteiger partial charge in [-0.05, 0) is 57.3 Å². The standard InChI is InChI=1S/C25H38N8/c1-16-7-9-19(10-8-16)15-33-22-23(28-18(3)20-5-4-6-20)29-21(13-26)30-24(22)31-25(33)32-12-11-27-14-17(32)2/h16-20,27H,4-12,14-15H2,1-3H3,(H,28,29,30)/t16?,17-,18-,19?/m1/s1. The molecule has 2 aromatic heterocycles. The average molecular weight is 451 g/mol. The Morgan fingerprint density at radius 3 is 2.58 bits per heavy atom. The van der Waals surface area contributed by atoms with Crippen molar-refractivity contribution in [3.05, 3.63) is 5.82 Å². The Hall–Kier alpha value is -2.40. The Balaban J connectivity index is 1.58. The van der Waals surface area contributed by atoms with E-state index in [9.17, 15) is 5.26 Å². The summed E-state index contributed by atoms with van der Waals surface area (Å²) in [6.07, 6.45) is 8.95. The van der Waals surface area contributed by atoms with Crippen LogP contribution in [-0.2, 0) is 6.54 Å². The second kappa shape index (κ2) is 9.46. The van der Waals surface area contributed by atoms with Crippen molar-refractivity contribution < 1.29 is 0 Å². The summed E-state index contributed by atoms with van der Waals surface area (Å²) < 4.78 is 2.38. The van der Waals surface area contributed by atoms with Gasteiger partial charge in [-0.25, -0.2) is 0 Å². The molecule has 0 unspecified atom stereocenters. The molecule has 0 aromatic carbocycles. The van der Waals surface area contributed by atoms with Crippen LogP contribution in [0.4, 0.5) is 11.8 Å². The highest BCUT2D eigenvalue weighted by atomic mass is 15.4. The van der Waals surface area contributed by atoms with Gasteiger partial charge in [0.25, 0.3) is 0 Å². The molecule has 2 atom stereocenters. The monoisotopic (exact) mass is 450 g/mol. The number of nitrogens with zero attached hydrogens (tertiary/aromatic N) is 6. The van der Waals surface area contributed by atoms with Gasteiger partial charge in [-0.1, -0.05) is 26.2 Å². The van der Waals surface area contributed by atoms with Gasteiger partial charge < -0.3 is 20.1 Å². The van der Waals surface area contributed by atoms with Crippen molar-refractivity contribution in [3.8, 4) is 6.07 Å². The smallest absolute Gasteiger partial charge is 0.236 e. The third-order valence-corrected chi connectivity index (χ3v) is 8.24. The zero-order valence-corrected chi connectivity index (χ0v) is 20.3. The predicted octanol–water partition coefficient (Wildman–Crippen LogP) is 3.92. The van der Waals surface area contributed by atoms with Crippen LogP contribution in [0.1, 0.15) is 71.5 Å². The molecule has 2 aromatic rings. The third kappa shape index (κ3) is 4.52. The van der Waals surface area contributed by atoms with E-state index in [0.29, 0.717) is 29.6 Å².